The molecule has 0 aliphatic carbocycles. The normalized spacial score (nSPS) is 11.1. The molecule has 0 fully saturated rings. The maximum atomic E-state index is 13.8. The van der Waals surface area contributed by atoms with Crippen molar-refractivity contribution < 1.29 is 23.1 Å². The molecular weight excluding hydrogens is 481 g/mol. The summed E-state index contributed by atoms with van der Waals surface area (Å²) in [5.41, 5.74) is -2.61. The Hall–Kier alpha value is 0.770. The van der Waals surface area contributed by atoms with Crippen LogP contribution < -0.4 is 0 Å². The summed E-state index contributed by atoms with van der Waals surface area (Å²) in [4.78, 5) is 17.6. The molecule has 2 N–H and O–H groups in total. The molecule has 0 heterocycles. The monoisotopic (exact) mass is 495 g/mol. The van der Waals surface area contributed by atoms with Crippen LogP contribution in [0.2, 0.25) is 0 Å². The minimum atomic E-state index is -5.59. The van der Waals surface area contributed by atoms with Crippen LogP contribution in [0.15, 0.2) is 46.9 Å². The molecule has 0 amide bonds. The molecule has 27 heavy (non-hydrogen) atoms. The van der Waals surface area contributed by atoms with Crippen molar-refractivity contribution in [3.63, 3.8) is 0 Å². The number of alkyl halides is 2. The first-order valence-electron chi connectivity index (χ1n) is 6.94. The maximum absolute atomic E-state index is 13.8. The Morgan fingerprint density at radius 3 is 2.07 bits per heavy atom. The quantitative estimate of drug-likeness (QED) is 0.471. The number of thioether (sulfide) groups is 1. The van der Waals surface area contributed by atoms with Gasteiger partial charge >= 0.3 is 72.4 Å². The molecule has 136 valence electrons. The average molecular weight is 496 g/mol. The third-order valence-corrected chi connectivity index (χ3v) is 6.05. The van der Waals surface area contributed by atoms with Crippen molar-refractivity contribution in [1.82, 2.24) is 0 Å². The Morgan fingerprint density at radius 1 is 1.07 bits per heavy atom. The van der Waals surface area contributed by atoms with Crippen molar-refractivity contribution in [3.05, 3.63) is 69.2 Å². The zero-order chi connectivity index (χ0) is 18.7. The van der Waals surface area contributed by atoms with E-state index in [-0.39, 0.29) is 63.6 Å². The molecule has 2 aromatic rings. The molecule has 0 aliphatic rings. The van der Waals surface area contributed by atoms with Gasteiger partial charge in [0.25, 0.3) is 0 Å². The van der Waals surface area contributed by atoms with Crippen molar-refractivity contribution in [1.29, 1.82) is 5.26 Å². The van der Waals surface area contributed by atoms with Gasteiger partial charge in [-0.3, -0.25) is 4.57 Å². The molecule has 2 aromatic carbocycles. The van der Waals surface area contributed by atoms with Crippen molar-refractivity contribution >= 4 is 94.4 Å². The van der Waals surface area contributed by atoms with E-state index in [1.807, 2.05) is 18.2 Å². The first-order valence-corrected chi connectivity index (χ1v) is 10.5. The predicted octanol–water partition coefficient (Wildman–Crippen LogP) is 3.68. The molecule has 0 bridgehead atoms. The van der Waals surface area contributed by atoms with Gasteiger partial charge in [0.15, 0.2) is 0 Å². The molecule has 0 saturated heterocycles. The molecule has 2 rings (SSSR count). The van der Waals surface area contributed by atoms with Crippen LogP contribution in [0.5, 0.6) is 0 Å². The van der Waals surface area contributed by atoms with Gasteiger partial charge in [0.1, 0.15) is 0 Å². The van der Waals surface area contributed by atoms with Crippen LogP contribution in [0.4, 0.5) is 8.78 Å². The third-order valence-electron chi connectivity index (χ3n) is 3.34. The van der Waals surface area contributed by atoms with Crippen molar-refractivity contribution in [2.24, 2.45) is 0 Å². The SMILES string of the molecule is N#Cc1ccc(CSCc2ccc(C(F)(F)P(=O)(O)O)c(Br)c2)cc1.[NaH].[NaH]. The van der Waals surface area contributed by atoms with E-state index in [2.05, 4.69) is 15.9 Å². The average Bonchev–Trinajstić information content (AvgIpc) is 2.54. The second-order valence-corrected chi connectivity index (χ2v) is 8.69. The summed E-state index contributed by atoms with van der Waals surface area (Å²) >= 11 is 4.52. The number of benzene rings is 2. The van der Waals surface area contributed by atoms with Gasteiger partial charge in [-0.2, -0.15) is 25.8 Å². The summed E-state index contributed by atoms with van der Waals surface area (Å²) in [6.07, 6.45) is 0. The van der Waals surface area contributed by atoms with E-state index in [4.69, 9.17) is 15.0 Å². The van der Waals surface area contributed by atoms with Gasteiger partial charge in [0, 0.05) is 21.5 Å². The van der Waals surface area contributed by atoms with Crippen molar-refractivity contribution in [2.45, 2.75) is 17.2 Å². The minimum absolute atomic E-state index is 0. The van der Waals surface area contributed by atoms with E-state index in [1.54, 1.807) is 23.9 Å². The van der Waals surface area contributed by atoms with E-state index in [9.17, 15) is 13.3 Å². The first kappa shape index (κ1) is 27.8. The van der Waals surface area contributed by atoms with Gasteiger partial charge in [0.05, 0.1) is 11.6 Å². The van der Waals surface area contributed by atoms with Gasteiger partial charge in [-0.05, 0) is 29.3 Å². The first-order chi connectivity index (χ1) is 11.6. The zero-order valence-electron chi connectivity index (χ0n) is 12.7. The fourth-order valence-corrected chi connectivity index (χ4v) is 4.29. The molecule has 0 unspecified atom stereocenters. The molecule has 0 saturated carbocycles. The summed E-state index contributed by atoms with van der Waals surface area (Å²) in [7, 11) is -5.59. The fraction of sp³-hybridized carbons (Fsp3) is 0.188. The number of hydrogen-bond donors (Lipinski definition) is 2. The van der Waals surface area contributed by atoms with E-state index >= 15 is 0 Å². The molecule has 0 aliphatic heterocycles. The molecule has 0 aromatic heterocycles. The van der Waals surface area contributed by atoms with Crippen LogP contribution in [-0.2, 0) is 21.7 Å². The number of nitrogens with zero attached hydrogens (tertiary/aromatic N) is 1. The summed E-state index contributed by atoms with van der Waals surface area (Å²) < 4.78 is 38.5. The van der Waals surface area contributed by atoms with E-state index in [0.717, 1.165) is 17.2 Å². The van der Waals surface area contributed by atoms with E-state index in [0.29, 0.717) is 17.1 Å². The Morgan fingerprint density at radius 2 is 1.59 bits per heavy atom. The van der Waals surface area contributed by atoms with Crippen LogP contribution in [0.3, 0.4) is 0 Å². The third kappa shape index (κ3) is 7.51. The number of rotatable bonds is 6. The molecule has 11 heteroatoms. The predicted molar refractivity (Wildman–Crippen MR) is 111 cm³/mol. The second-order valence-electron chi connectivity index (χ2n) is 5.20. The number of nitriles is 1. The Kier molecular flexibility index (Phi) is 12.2. The zero-order valence-corrected chi connectivity index (χ0v) is 16.0. The fourth-order valence-electron chi connectivity index (χ4n) is 2.01. The van der Waals surface area contributed by atoms with Crippen LogP contribution >= 0.6 is 35.3 Å². The van der Waals surface area contributed by atoms with Crippen LogP contribution in [-0.4, -0.2) is 68.9 Å². The Bertz CT molecular complexity index is 860. The van der Waals surface area contributed by atoms with Crippen LogP contribution in [0, 0.1) is 11.3 Å². The molecule has 0 radical (unpaired) electrons. The molecule has 0 spiro atoms. The molecule has 4 nitrogen and oxygen atoms in total. The van der Waals surface area contributed by atoms with Gasteiger partial charge < -0.3 is 9.79 Å². The topological polar surface area (TPSA) is 81.3 Å². The van der Waals surface area contributed by atoms with Crippen LogP contribution in [0.1, 0.15) is 22.3 Å². The standard InChI is InChI=1S/C16H13BrF2NO3PS.2Na.2H/c17-15-7-13(5-6-14(15)16(18,19)24(21,22)23)10-25-9-12-3-1-11(8-20)2-4-12;;;;/h1-7H,9-10H2,(H2,21,22,23);;;;. The van der Waals surface area contributed by atoms with Crippen LogP contribution in [0.25, 0.3) is 0 Å². The summed E-state index contributed by atoms with van der Waals surface area (Å²) in [5.74, 6) is 1.23. The van der Waals surface area contributed by atoms with E-state index < -0.39 is 18.8 Å². The Balaban J connectivity index is 0.00000338. The van der Waals surface area contributed by atoms with Crippen molar-refractivity contribution in [3.8, 4) is 6.07 Å². The summed E-state index contributed by atoms with van der Waals surface area (Å²) in [6.45, 7) is 0. The van der Waals surface area contributed by atoms with Gasteiger partial charge in [-0.15, -0.1) is 0 Å². The van der Waals surface area contributed by atoms with Gasteiger partial charge in [-0.1, -0.05) is 40.2 Å². The number of halogens is 3. The van der Waals surface area contributed by atoms with Gasteiger partial charge in [-0.25, -0.2) is 0 Å². The van der Waals surface area contributed by atoms with E-state index in [1.165, 1.54) is 12.1 Å². The van der Waals surface area contributed by atoms with Crippen molar-refractivity contribution in [2.75, 3.05) is 0 Å². The van der Waals surface area contributed by atoms with Gasteiger partial charge in [0.2, 0.25) is 0 Å². The second kappa shape index (κ2) is 11.8. The number of hydrogen-bond acceptors (Lipinski definition) is 3. The summed E-state index contributed by atoms with van der Waals surface area (Å²) in [5, 5.41) is 8.75. The molecular formula is C16H15BrF2NNa2O3PS. The molecule has 0 atom stereocenters. The Labute approximate surface area is 213 Å². The summed E-state index contributed by atoms with van der Waals surface area (Å²) in [6, 6.07) is 13.1.